The molecule has 1 aliphatic heterocycles. The molecule has 2 saturated carbocycles. The van der Waals surface area contributed by atoms with E-state index in [4.69, 9.17) is 4.74 Å². The number of amides is 1. The van der Waals surface area contributed by atoms with Gasteiger partial charge in [0.1, 0.15) is 4.88 Å². The lowest BCUT2D eigenvalue weighted by atomic mass is 9.81. The molecular weight excluding hydrogens is 472 g/mol. The van der Waals surface area contributed by atoms with Gasteiger partial charge in [-0.1, -0.05) is 18.8 Å². The van der Waals surface area contributed by atoms with Crippen LogP contribution in [0.3, 0.4) is 0 Å². The summed E-state index contributed by atoms with van der Waals surface area (Å²) in [5.41, 5.74) is 0.355. The molecule has 1 aromatic rings. The molecule has 1 amide bonds. The molecule has 3 fully saturated rings. The van der Waals surface area contributed by atoms with E-state index in [2.05, 4.69) is 24.1 Å². The lowest BCUT2D eigenvalue weighted by molar-refractivity contribution is -0.124. The highest BCUT2D eigenvalue weighted by atomic mass is 32.1. The van der Waals surface area contributed by atoms with Crippen LogP contribution in [0.5, 0.6) is 0 Å². The highest BCUT2D eigenvalue weighted by Gasteiger charge is 2.38. The first-order chi connectivity index (χ1) is 17.1. The summed E-state index contributed by atoms with van der Waals surface area (Å²) < 4.78 is 6.33. The van der Waals surface area contributed by atoms with E-state index in [-0.39, 0.29) is 40.4 Å². The SMILES string of the molecule is CC1CCC(C(=O)N(c2cc(C#CC(C)(C)C)sc2C(=O)O)C2CCC(O[C@@H]3CCNC3)CC2)CC1. The molecule has 1 saturated heterocycles. The Hall–Kier alpha value is -1.88. The van der Waals surface area contributed by atoms with Crippen molar-refractivity contribution < 1.29 is 19.4 Å². The van der Waals surface area contributed by atoms with Crippen LogP contribution in [0.15, 0.2) is 6.07 Å². The van der Waals surface area contributed by atoms with Crippen LogP contribution in [0.4, 0.5) is 5.69 Å². The van der Waals surface area contributed by atoms with Gasteiger partial charge in [0, 0.05) is 23.9 Å². The average molecular weight is 515 g/mol. The zero-order valence-electron chi connectivity index (χ0n) is 22.3. The Bertz CT molecular complexity index is 979. The van der Waals surface area contributed by atoms with Crippen molar-refractivity contribution in [1.29, 1.82) is 0 Å². The maximum atomic E-state index is 14.0. The van der Waals surface area contributed by atoms with E-state index < -0.39 is 5.97 Å². The van der Waals surface area contributed by atoms with Gasteiger partial charge in [0.05, 0.1) is 22.8 Å². The fourth-order valence-corrected chi connectivity index (χ4v) is 6.52. The number of ether oxygens (including phenoxy) is 1. The van der Waals surface area contributed by atoms with Crippen LogP contribution in [0.1, 0.15) is 100 Å². The largest absolute Gasteiger partial charge is 0.477 e. The maximum Gasteiger partial charge on any atom is 0.348 e. The Morgan fingerprint density at radius 1 is 1.06 bits per heavy atom. The second kappa shape index (κ2) is 11.7. The van der Waals surface area contributed by atoms with Crippen LogP contribution in [0.25, 0.3) is 0 Å². The standard InChI is InChI=1S/C29H42N2O4S/c1-19-5-7-20(8-6-19)27(32)31(21-9-11-22(12-10-21)35-23-14-16-30-18-23)25-17-24(13-15-29(2,3)4)36-26(25)28(33)34/h17,19-23,30H,5-12,14,16,18H2,1-4H3,(H,33,34)/t19?,20?,21?,22?,23-/m1/s1. The van der Waals surface area contributed by atoms with Crippen molar-refractivity contribution in [1.82, 2.24) is 5.32 Å². The van der Waals surface area contributed by atoms with E-state index in [1.807, 2.05) is 31.7 Å². The first kappa shape index (κ1) is 27.2. The average Bonchev–Trinajstić information content (AvgIpc) is 3.49. The van der Waals surface area contributed by atoms with Crippen LogP contribution >= 0.6 is 11.3 Å². The first-order valence-corrected chi connectivity index (χ1v) is 14.5. The topological polar surface area (TPSA) is 78.9 Å². The number of nitrogens with zero attached hydrogens (tertiary/aromatic N) is 1. The summed E-state index contributed by atoms with van der Waals surface area (Å²) in [6, 6.07) is 1.85. The normalized spacial score (nSPS) is 28.8. The third-order valence-electron chi connectivity index (χ3n) is 7.74. The summed E-state index contributed by atoms with van der Waals surface area (Å²) >= 11 is 1.19. The van der Waals surface area contributed by atoms with E-state index >= 15 is 0 Å². The van der Waals surface area contributed by atoms with Crippen LogP contribution in [-0.2, 0) is 9.53 Å². The monoisotopic (exact) mass is 514 g/mol. The Kier molecular flexibility index (Phi) is 8.80. The number of carboxylic acids is 1. The molecule has 1 atom stereocenters. The van der Waals surface area contributed by atoms with E-state index in [1.54, 1.807) is 0 Å². The Morgan fingerprint density at radius 2 is 1.75 bits per heavy atom. The highest BCUT2D eigenvalue weighted by Crippen LogP contribution is 2.39. The molecule has 2 N–H and O–H groups in total. The van der Waals surface area contributed by atoms with Crippen molar-refractivity contribution >= 4 is 28.9 Å². The predicted molar refractivity (Wildman–Crippen MR) is 145 cm³/mol. The van der Waals surface area contributed by atoms with Gasteiger partial charge in [-0.15, -0.1) is 11.3 Å². The molecule has 2 heterocycles. The number of carboxylic acid groups (broad SMARTS) is 1. The fourth-order valence-electron chi connectivity index (χ4n) is 5.68. The Morgan fingerprint density at radius 3 is 2.33 bits per heavy atom. The minimum atomic E-state index is -0.986. The third kappa shape index (κ3) is 6.90. The van der Waals surface area contributed by atoms with Gasteiger partial charge in [0.25, 0.3) is 0 Å². The van der Waals surface area contributed by atoms with Crippen LogP contribution < -0.4 is 10.2 Å². The summed E-state index contributed by atoms with van der Waals surface area (Å²) in [4.78, 5) is 29.1. The molecule has 3 aliphatic rings. The highest BCUT2D eigenvalue weighted by molar-refractivity contribution is 7.15. The van der Waals surface area contributed by atoms with Gasteiger partial charge in [0.2, 0.25) is 5.91 Å². The summed E-state index contributed by atoms with van der Waals surface area (Å²) in [5.74, 6) is 6.11. The molecule has 0 unspecified atom stereocenters. The zero-order valence-corrected chi connectivity index (χ0v) is 23.1. The third-order valence-corrected chi connectivity index (χ3v) is 8.77. The Labute approximate surface area is 220 Å². The lowest BCUT2D eigenvalue weighted by Gasteiger charge is -2.40. The van der Waals surface area contributed by atoms with Crippen molar-refractivity contribution in [3.05, 3.63) is 15.8 Å². The molecule has 0 aromatic carbocycles. The predicted octanol–water partition coefficient (Wildman–Crippen LogP) is 5.69. The first-order valence-electron chi connectivity index (χ1n) is 13.7. The van der Waals surface area contributed by atoms with Gasteiger partial charge in [-0.2, -0.15) is 0 Å². The molecule has 6 nitrogen and oxygen atoms in total. The van der Waals surface area contributed by atoms with E-state index in [1.165, 1.54) is 11.3 Å². The second-order valence-electron chi connectivity index (χ2n) is 12.0. The van der Waals surface area contributed by atoms with Crippen molar-refractivity contribution in [3.8, 4) is 11.8 Å². The van der Waals surface area contributed by atoms with E-state index in [9.17, 15) is 14.7 Å². The molecule has 0 spiro atoms. The van der Waals surface area contributed by atoms with Gasteiger partial charge in [-0.25, -0.2) is 4.79 Å². The van der Waals surface area contributed by atoms with Gasteiger partial charge in [-0.05, 0) is 97.1 Å². The number of rotatable bonds is 6. The summed E-state index contributed by atoms with van der Waals surface area (Å²) in [7, 11) is 0. The second-order valence-corrected chi connectivity index (χ2v) is 13.0. The number of hydrogen-bond acceptors (Lipinski definition) is 5. The lowest BCUT2D eigenvalue weighted by Crippen LogP contribution is -2.47. The molecule has 36 heavy (non-hydrogen) atoms. The number of aromatic carboxylic acids is 1. The van der Waals surface area contributed by atoms with Crippen LogP contribution in [0, 0.1) is 29.1 Å². The van der Waals surface area contributed by atoms with Crippen molar-refractivity contribution in [3.63, 3.8) is 0 Å². The summed E-state index contributed by atoms with van der Waals surface area (Å²) in [5, 5.41) is 13.4. The number of anilines is 1. The molecule has 0 bridgehead atoms. The number of hydrogen-bond donors (Lipinski definition) is 2. The summed E-state index contributed by atoms with van der Waals surface area (Å²) in [6.07, 6.45) is 8.89. The molecule has 198 valence electrons. The van der Waals surface area contributed by atoms with Crippen molar-refractivity contribution in [2.24, 2.45) is 17.3 Å². The molecule has 4 rings (SSSR count). The van der Waals surface area contributed by atoms with Gasteiger partial charge >= 0.3 is 5.97 Å². The molecule has 1 aromatic heterocycles. The van der Waals surface area contributed by atoms with Crippen molar-refractivity contribution in [2.45, 2.75) is 104 Å². The number of nitrogens with one attached hydrogen (secondary N) is 1. The minimum Gasteiger partial charge on any atom is -0.477 e. The fraction of sp³-hybridized carbons (Fsp3) is 0.724. The Balaban J connectivity index is 1.60. The van der Waals surface area contributed by atoms with E-state index in [0.29, 0.717) is 16.5 Å². The number of carbonyl (C=O) groups excluding carboxylic acids is 1. The number of carbonyl (C=O) groups is 2. The molecule has 2 aliphatic carbocycles. The quantitative estimate of drug-likeness (QED) is 0.477. The zero-order chi connectivity index (χ0) is 25.9. The molecular formula is C29H42N2O4S. The minimum absolute atomic E-state index is 0.00507. The summed E-state index contributed by atoms with van der Waals surface area (Å²) in [6.45, 7) is 10.3. The smallest absolute Gasteiger partial charge is 0.348 e. The number of thiophene rings is 1. The maximum absolute atomic E-state index is 14.0. The molecule has 0 radical (unpaired) electrons. The van der Waals surface area contributed by atoms with Crippen LogP contribution in [-0.4, -0.2) is 48.3 Å². The van der Waals surface area contributed by atoms with Crippen LogP contribution in [0.2, 0.25) is 0 Å². The van der Waals surface area contributed by atoms with Gasteiger partial charge in [0.15, 0.2) is 0 Å². The van der Waals surface area contributed by atoms with E-state index in [0.717, 1.165) is 70.9 Å². The van der Waals surface area contributed by atoms with Crippen molar-refractivity contribution in [2.75, 3.05) is 18.0 Å². The van der Waals surface area contributed by atoms with Gasteiger partial charge in [-0.3, -0.25) is 4.79 Å². The van der Waals surface area contributed by atoms with Gasteiger partial charge < -0.3 is 20.1 Å². The molecule has 7 heteroatoms.